The Bertz CT molecular complexity index is 540. The first-order valence-electron chi connectivity index (χ1n) is 7.26. The molecule has 0 radical (unpaired) electrons. The Morgan fingerprint density at radius 1 is 1.33 bits per heavy atom. The number of alkyl halides is 3. The van der Waals surface area contributed by atoms with Crippen LogP contribution in [-0.4, -0.2) is 59.9 Å². The molecule has 134 valence electrons. The van der Waals surface area contributed by atoms with E-state index in [1.807, 2.05) is 0 Å². The Labute approximate surface area is 136 Å². The van der Waals surface area contributed by atoms with E-state index in [0.29, 0.717) is 0 Å². The minimum atomic E-state index is -5.05. The monoisotopic (exact) mass is 349 g/mol. The van der Waals surface area contributed by atoms with Crippen LogP contribution in [0, 0.1) is 0 Å². The Balaban J connectivity index is 2.07. The molecule has 0 saturated carbocycles. The van der Waals surface area contributed by atoms with Gasteiger partial charge in [-0.2, -0.15) is 13.2 Å². The zero-order valence-corrected chi connectivity index (χ0v) is 12.6. The van der Waals surface area contributed by atoms with Gasteiger partial charge in [0.1, 0.15) is 18.3 Å². The maximum absolute atomic E-state index is 12.4. The Morgan fingerprint density at radius 3 is 2.58 bits per heavy atom. The number of carbonyl (C=O) groups is 1. The lowest BCUT2D eigenvalue weighted by Gasteiger charge is -2.39. The fraction of sp³-hybridized carbons (Fsp3) is 0.533. The van der Waals surface area contributed by atoms with Gasteiger partial charge in [0.15, 0.2) is 0 Å². The lowest BCUT2D eigenvalue weighted by atomic mass is 9.98. The molecular formula is C15H18F3NO5. The van der Waals surface area contributed by atoms with E-state index in [-0.39, 0.29) is 13.2 Å². The maximum Gasteiger partial charge on any atom is 0.471 e. The van der Waals surface area contributed by atoms with Crippen LogP contribution in [0.2, 0.25) is 0 Å². The number of nitrogens with one attached hydrogen (secondary N) is 1. The van der Waals surface area contributed by atoms with E-state index in [1.54, 1.807) is 35.6 Å². The molecule has 0 aliphatic carbocycles. The van der Waals surface area contributed by atoms with Crippen LogP contribution < -0.4 is 5.32 Å². The third-order valence-corrected chi connectivity index (χ3v) is 3.64. The molecule has 0 aromatic heterocycles. The third kappa shape index (κ3) is 4.67. The number of aliphatic hydroxyl groups excluding tert-OH is 2. The molecule has 24 heavy (non-hydrogen) atoms. The highest BCUT2D eigenvalue weighted by Gasteiger charge is 2.45. The Kier molecular flexibility index (Phi) is 6.16. The van der Waals surface area contributed by atoms with Crippen molar-refractivity contribution in [1.29, 1.82) is 0 Å². The summed E-state index contributed by atoms with van der Waals surface area (Å²) < 4.78 is 47.9. The molecule has 1 amide bonds. The van der Waals surface area contributed by atoms with Crippen LogP contribution >= 0.6 is 0 Å². The molecule has 1 aromatic carbocycles. The van der Waals surface area contributed by atoms with Gasteiger partial charge in [-0.3, -0.25) is 4.79 Å². The highest BCUT2D eigenvalue weighted by atomic mass is 19.4. The summed E-state index contributed by atoms with van der Waals surface area (Å²) in [5, 5.41) is 21.1. The highest BCUT2D eigenvalue weighted by molar-refractivity contribution is 5.82. The van der Waals surface area contributed by atoms with Gasteiger partial charge in [0, 0.05) is 0 Å². The van der Waals surface area contributed by atoms with Crippen LogP contribution in [0.25, 0.3) is 0 Å². The van der Waals surface area contributed by atoms with Crippen LogP contribution in [0.3, 0.4) is 0 Å². The van der Waals surface area contributed by atoms with Gasteiger partial charge in [0.2, 0.25) is 0 Å². The van der Waals surface area contributed by atoms with Gasteiger partial charge in [-0.15, -0.1) is 0 Å². The molecule has 4 atom stereocenters. The second-order valence-corrected chi connectivity index (χ2v) is 5.38. The Hall–Kier alpha value is -1.68. The number of carbonyl (C=O) groups excluding carboxylic acids is 1. The van der Waals surface area contributed by atoms with E-state index in [1.165, 1.54) is 0 Å². The molecule has 0 spiro atoms. The number of halogens is 3. The van der Waals surface area contributed by atoms with Crippen molar-refractivity contribution in [3.63, 3.8) is 0 Å². The van der Waals surface area contributed by atoms with E-state index < -0.39 is 43.0 Å². The van der Waals surface area contributed by atoms with Crippen molar-refractivity contribution in [2.24, 2.45) is 0 Å². The van der Waals surface area contributed by atoms with E-state index in [2.05, 4.69) is 0 Å². The number of aliphatic hydroxyl groups is 2. The summed E-state index contributed by atoms with van der Waals surface area (Å²) in [6.45, 7) is -0.811. The average molecular weight is 349 g/mol. The first kappa shape index (κ1) is 18.7. The summed E-state index contributed by atoms with van der Waals surface area (Å²) in [6, 6.07) is 7.62. The number of hydrogen-bond acceptors (Lipinski definition) is 5. The lowest BCUT2D eigenvalue weighted by molar-refractivity contribution is -0.194. The second kappa shape index (κ2) is 7.93. The van der Waals surface area contributed by atoms with Gasteiger partial charge >= 0.3 is 12.1 Å². The van der Waals surface area contributed by atoms with Crippen LogP contribution in [0.5, 0.6) is 0 Å². The van der Waals surface area contributed by atoms with Crippen molar-refractivity contribution in [2.75, 3.05) is 13.2 Å². The molecule has 1 aliphatic heterocycles. The fourth-order valence-corrected chi connectivity index (χ4v) is 2.39. The molecule has 1 aliphatic rings. The molecule has 1 heterocycles. The summed E-state index contributed by atoms with van der Waals surface area (Å²) in [5.41, 5.74) is 0.748. The smallest absolute Gasteiger partial charge is 0.394 e. The summed E-state index contributed by atoms with van der Waals surface area (Å²) in [4.78, 5) is 11.1. The number of amides is 1. The van der Waals surface area contributed by atoms with Crippen LogP contribution in [-0.2, 0) is 20.9 Å². The predicted molar refractivity (Wildman–Crippen MR) is 75.8 cm³/mol. The van der Waals surface area contributed by atoms with Crippen molar-refractivity contribution < 1.29 is 37.7 Å². The number of ether oxygens (including phenoxy) is 2. The van der Waals surface area contributed by atoms with E-state index in [4.69, 9.17) is 14.6 Å². The molecule has 1 fully saturated rings. The quantitative estimate of drug-likeness (QED) is 0.715. The molecule has 2 rings (SSSR count). The van der Waals surface area contributed by atoms with Crippen molar-refractivity contribution in [1.82, 2.24) is 5.32 Å². The standard InChI is InChI=1S/C15H18F3NO5/c16-15(17,18)14(22)19-10-8-23-11(6-20)12(21)13(10)24-7-9-4-2-1-3-5-9/h1-5,10-13,20-21H,6-8H2,(H,19,22)/t10-,11-,12+,13-/m1/s1. The van der Waals surface area contributed by atoms with Crippen molar-refractivity contribution in [3.8, 4) is 0 Å². The van der Waals surface area contributed by atoms with Crippen LogP contribution in [0.15, 0.2) is 30.3 Å². The topological polar surface area (TPSA) is 88.0 Å². The van der Waals surface area contributed by atoms with Gasteiger partial charge in [0.25, 0.3) is 0 Å². The number of rotatable bonds is 5. The zero-order valence-electron chi connectivity index (χ0n) is 12.6. The second-order valence-electron chi connectivity index (χ2n) is 5.38. The molecule has 1 aromatic rings. The average Bonchev–Trinajstić information content (AvgIpc) is 2.54. The zero-order chi connectivity index (χ0) is 17.7. The van der Waals surface area contributed by atoms with E-state index in [0.717, 1.165) is 5.56 Å². The SMILES string of the molecule is O=C(N[C@@H]1CO[C@H](CO)[C@H](O)[C@@H]1OCc1ccccc1)C(F)(F)F. The molecule has 6 nitrogen and oxygen atoms in total. The summed E-state index contributed by atoms with van der Waals surface area (Å²) >= 11 is 0. The van der Waals surface area contributed by atoms with Gasteiger partial charge in [0.05, 0.1) is 25.9 Å². The normalized spacial score (nSPS) is 27.7. The Morgan fingerprint density at radius 2 is 2.00 bits per heavy atom. The number of benzene rings is 1. The highest BCUT2D eigenvalue weighted by Crippen LogP contribution is 2.22. The van der Waals surface area contributed by atoms with Crippen LogP contribution in [0.4, 0.5) is 13.2 Å². The first-order valence-corrected chi connectivity index (χ1v) is 7.26. The largest absolute Gasteiger partial charge is 0.471 e. The van der Waals surface area contributed by atoms with Crippen molar-refractivity contribution in [3.05, 3.63) is 35.9 Å². The van der Waals surface area contributed by atoms with Crippen molar-refractivity contribution in [2.45, 2.75) is 37.1 Å². The van der Waals surface area contributed by atoms with Gasteiger partial charge < -0.3 is 25.0 Å². The predicted octanol–water partition coefficient (Wildman–Crippen LogP) is 0.371. The third-order valence-electron chi connectivity index (χ3n) is 3.64. The van der Waals surface area contributed by atoms with Crippen molar-refractivity contribution >= 4 is 5.91 Å². The summed E-state index contributed by atoms with van der Waals surface area (Å²) in [5.74, 6) is -2.14. The molecular weight excluding hydrogens is 331 g/mol. The minimum absolute atomic E-state index is 0.0269. The first-order chi connectivity index (χ1) is 11.3. The molecule has 9 heteroatoms. The summed E-state index contributed by atoms with van der Waals surface area (Å²) in [6.07, 6.45) is -8.58. The van der Waals surface area contributed by atoms with Gasteiger partial charge in [-0.1, -0.05) is 30.3 Å². The molecule has 0 bridgehead atoms. The van der Waals surface area contributed by atoms with Crippen LogP contribution in [0.1, 0.15) is 5.56 Å². The number of hydrogen-bond donors (Lipinski definition) is 3. The van der Waals surface area contributed by atoms with Gasteiger partial charge in [-0.05, 0) is 5.56 Å². The molecule has 0 unspecified atom stereocenters. The van der Waals surface area contributed by atoms with E-state index >= 15 is 0 Å². The van der Waals surface area contributed by atoms with E-state index in [9.17, 15) is 23.1 Å². The molecule has 1 saturated heterocycles. The summed E-state index contributed by atoms with van der Waals surface area (Å²) in [7, 11) is 0. The fourth-order valence-electron chi connectivity index (χ4n) is 2.39. The maximum atomic E-state index is 12.4. The minimum Gasteiger partial charge on any atom is -0.394 e. The lowest BCUT2D eigenvalue weighted by Crippen LogP contribution is -2.62. The molecule has 3 N–H and O–H groups in total. The van der Waals surface area contributed by atoms with Gasteiger partial charge in [-0.25, -0.2) is 0 Å².